The standard InChI is InChI=1S/C14H20F2N2O2/c1-9(12-5-4-11(15)6-13(12)16)7-17-14(19)18-8-10(2)20-3/h4-6,9-10H,7-8H2,1-3H3,(H2,17,18,19)/t9-,10+/m1/s1. The minimum atomic E-state index is -0.613. The summed E-state index contributed by atoms with van der Waals surface area (Å²) in [6.45, 7) is 4.24. The first-order chi connectivity index (χ1) is 9.43. The Kier molecular flexibility index (Phi) is 6.38. The van der Waals surface area contributed by atoms with Crippen molar-refractivity contribution in [2.24, 2.45) is 0 Å². The number of benzene rings is 1. The van der Waals surface area contributed by atoms with Gasteiger partial charge >= 0.3 is 6.03 Å². The summed E-state index contributed by atoms with van der Waals surface area (Å²) in [5, 5.41) is 5.27. The normalized spacial score (nSPS) is 13.7. The molecule has 2 atom stereocenters. The Labute approximate surface area is 117 Å². The zero-order chi connectivity index (χ0) is 15.1. The van der Waals surface area contributed by atoms with Crippen LogP contribution < -0.4 is 10.6 Å². The fraction of sp³-hybridized carbons (Fsp3) is 0.500. The third-order valence-electron chi connectivity index (χ3n) is 3.01. The van der Waals surface area contributed by atoms with Crippen molar-refractivity contribution in [2.45, 2.75) is 25.9 Å². The molecule has 0 bridgehead atoms. The number of hydrogen-bond donors (Lipinski definition) is 2. The Morgan fingerprint density at radius 1 is 1.25 bits per heavy atom. The van der Waals surface area contributed by atoms with Crippen LogP contribution >= 0.6 is 0 Å². The molecule has 0 saturated heterocycles. The Balaban J connectivity index is 2.42. The van der Waals surface area contributed by atoms with Crippen molar-refractivity contribution in [1.29, 1.82) is 0 Å². The monoisotopic (exact) mass is 286 g/mol. The maximum absolute atomic E-state index is 13.5. The number of carbonyl (C=O) groups excluding carboxylic acids is 1. The van der Waals surface area contributed by atoms with Crippen LogP contribution in [0.3, 0.4) is 0 Å². The minimum Gasteiger partial charge on any atom is -0.380 e. The summed E-state index contributed by atoms with van der Waals surface area (Å²) in [6, 6.07) is 3.09. The topological polar surface area (TPSA) is 50.4 Å². The second-order valence-electron chi connectivity index (χ2n) is 4.70. The van der Waals surface area contributed by atoms with Crippen LogP contribution in [0.15, 0.2) is 18.2 Å². The SMILES string of the molecule is CO[C@@H](C)CNC(=O)NC[C@@H](C)c1ccc(F)cc1F. The molecule has 1 aromatic carbocycles. The molecule has 0 heterocycles. The molecule has 0 aliphatic rings. The molecule has 0 spiro atoms. The number of amides is 2. The first kappa shape index (κ1) is 16.4. The molecule has 1 rings (SSSR count). The molecule has 112 valence electrons. The highest BCUT2D eigenvalue weighted by molar-refractivity contribution is 5.73. The lowest BCUT2D eigenvalue weighted by Gasteiger charge is -2.15. The average Bonchev–Trinajstić information content (AvgIpc) is 2.42. The average molecular weight is 286 g/mol. The summed E-state index contributed by atoms with van der Waals surface area (Å²) in [6.07, 6.45) is -0.0762. The molecule has 0 aromatic heterocycles. The third-order valence-corrected chi connectivity index (χ3v) is 3.01. The lowest BCUT2D eigenvalue weighted by atomic mass is 10.0. The molecule has 2 N–H and O–H groups in total. The summed E-state index contributed by atoms with van der Waals surface area (Å²) < 4.78 is 31.3. The van der Waals surface area contributed by atoms with Gasteiger partial charge in [0, 0.05) is 32.2 Å². The van der Waals surface area contributed by atoms with E-state index in [1.165, 1.54) is 12.1 Å². The van der Waals surface area contributed by atoms with Crippen molar-refractivity contribution in [3.63, 3.8) is 0 Å². The number of rotatable bonds is 6. The fourth-order valence-corrected chi connectivity index (χ4v) is 1.64. The van der Waals surface area contributed by atoms with E-state index in [1.807, 2.05) is 6.92 Å². The van der Waals surface area contributed by atoms with Crippen LogP contribution in [0.25, 0.3) is 0 Å². The van der Waals surface area contributed by atoms with Crippen LogP contribution in [-0.4, -0.2) is 32.3 Å². The smallest absolute Gasteiger partial charge is 0.314 e. The van der Waals surface area contributed by atoms with Crippen molar-refractivity contribution < 1.29 is 18.3 Å². The van der Waals surface area contributed by atoms with Gasteiger partial charge in [0.2, 0.25) is 0 Å². The molecule has 0 unspecified atom stereocenters. The number of ether oxygens (including phenoxy) is 1. The van der Waals surface area contributed by atoms with Gasteiger partial charge in [-0.2, -0.15) is 0 Å². The van der Waals surface area contributed by atoms with E-state index in [0.29, 0.717) is 12.1 Å². The predicted molar refractivity (Wildman–Crippen MR) is 72.6 cm³/mol. The molecule has 4 nitrogen and oxygen atoms in total. The second kappa shape index (κ2) is 7.79. The van der Waals surface area contributed by atoms with Crippen molar-refractivity contribution >= 4 is 6.03 Å². The zero-order valence-electron chi connectivity index (χ0n) is 11.9. The molecule has 0 aliphatic heterocycles. The maximum atomic E-state index is 13.5. The van der Waals surface area contributed by atoms with Crippen molar-refractivity contribution in [2.75, 3.05) is 20.2 Å². The molecule has 0 radical (unpaired) electrons. The maximum Gasteiger partial charge on any atom is 0.314 e. The van der Waals surface area contributed by atoms with Crippen LogP contribution in [0.1, 0.15) is 25.3 Å². The van der Waals surface area contributed by atoms with Gasteiger partial charge in [-0.05, 0) is 18.6 Å². The van der Waals surface area contributed by atoms with Gasteiger partial charge < -0.3 is 15.4 Å². The van der Waals surface area contributed by atoms with E-state index in [2.05, 4.69) is 10.6 Å². The molecular formula is C14H20F2N2O2. The van der Waals surface area contributed by atoms with Gasteiger partial charge in [-0.1, -0.05) is 13.0 Å². The summed E-state index contributed by atoms with van der Waals surface area (Å²) in [4.78, 5) is 11.5. The predicted octanol–water partition coefficient (Wildman–Crippen LogP) is 2.40. The summed E-state index contributed by atoms with van der Waals surface area (Å²) in [5.74, 6) is -1.47. The Morgan fingerprint density at radius 2 is 1.90 bits per heavy atom. The largest absolute Gasteiger partial charge is 0.380 e. The summed E-state index contributed by atoms with van der Waals surface area (Å²) in [7, 11) is 1.56. The molecule has 0 saturated carbocycles. The van der Waals surface area contributed by atoms with E-state index in [9.17, 15) is 13.6 Å². The Hall–Kier alpha value is -1.69. The number of carbonyl (C=O) groups is 1. The molecule has 2 amide bonds. The Morgan fingerprint density at radius 3 is 2.50 bits per heavy atom. The number of nitrogens with one attached hydrogen (secondary N) is 2. The third kappa shape index (κ3) is 5.13. The summed E-state index contributed by atoms with van der Waals surface area (Å²) >= 11 is 0. The highest BCUT2D eigenvalue weighted by Crippen LogP contribution is 2.18. The highest BCUT2D eigenvalue weighted by atomic mass is 19.1. The number of urea groups is 1. The molecule has 20 heavy (non-hydrogen) atoms. The van der Waals surface area contributed by atoms with Gasteiger partial charge in [-0.15, -0.1) is 0 Å². The zero-order valence-corrected chi connectivity index (χ0v) is 11.9. The lowest BCUT2D eigenvalue weighted by Crippen LogP contribution is -2.40. The summed E-state index contributed by atoms with van der Waals surface area (Å²) in [5.41, 5.74) is 0.372. The molecular weight excluding hydrogens is 266 g/mol. The number of methoxy groups -OCH3 is 1. The van der Waals surface area contributed by atoms with E-state index < -0.39 is 11.6 Å². The number of halogens is 2. The Bertz CT molecular complexity index is 455. The quantitative estimate of drug-likeness (QED) is 0.843. The fourth-order valence-electron chi connectivity index (χ4n) is 1.64. The van der Waals surface area contributed by atoms with Gasteiger partial charge in [0.25, 0.3) is 0 Å². The van der Waals surface area contributed by atoms with E-state index in [4.69, 9.17) is 4.74 Å². The van der Waals surface area contributed by atoms with Gasteiger partial charge in [0.05, 0.1) is 6.10 Å². The van der Waals surface area contributed by atoms with Gasteiger partial charge in [0.15, 0.2) is 0 Å². The first-order valence-electron chi connectivity index (χ1n) is 6.43. The van der Waals surface area contributed by atoms with Gasteiger partial charge in [0.1, 0.15) is 11.6 Å². The van der Waals surface area contributed by atoms with Crippen molar-refractivity contribution in [3.8, 4) is 0 Å². The van der Waals surface area contributed by atoms with Gasteiger partial charge in [-0.25, -0.2) is 13.6 Å². The van der Waals surface area contributed by atoms with Crippen LogP contribution in [0, 0.1) is 11.6 Å². The van der Waals surface area contributed by atoms with Crippen molar-refractivity contribution in [3.05, 3.63) is 35.4 Å². The van der Waals surface area contributed by atoms with Crippen LogP contribution in [0.5, 0.6) is 0 Å². The molecule has 6 heteroatoms. The van der Waals surface area contributed by atoms with E-state index in [0.717, 1.165) is 6.07 Å². The minimum absolute atomic E-state index is 0.0762. The number of hydrogen-bond acceptors (Lipinski definition) is 2. The van der Waals surface area contributed by atoms with Crippen LogP contribution in [0.4, 0.5) is 13.6 Å². The molecule has 0 aliphatic carbocycles. The highest BCUT2D eigenvalue weighted by Gasteiger charge is 2.13. The lowest BCUT2D eigenvalue weighted by molar-refractivity contribution is 0.118. The molecule has 0 fully saturated rings. The van der Waals surface area contributed by atoms with Crippen LogP contribution in [0.2, 0.25) is 0 Å². The van der Waals surface area contributed by atoms with E-state index >= 15 is 0 Å². The van der Waals surface area contributed by atoms with E-state index in [-0.39, 0.29) is 24.6 Å². The first-order valence-corrected chi connectivity index (χ1v) is 6.43. The van der Waals surface area contributed by atoms with Gasteiger partial charge in [-0.3, -0.25) is 0 Å². The molecule has 1 aromatic rings. The van der Waals surface area contributed by atoms with Crippen molar-refractivity contribution in [1.82, 2.24) is 10.6 Å². The van der Waals surface area contributed by atoms with E-state index in [1.54, 1.807) is 14.0 Å². The van der Waals surface area contributed by atoms with Crippen LogP contribution in [-0.2, 0) is 4.74 Å². The second-order valence-corrected chi connectivity index (χ2v) is 4.70.